The largest absolute Gasteiger partial charge is 0.573 e. The highest BCUT2D eigenvalue weighted by Gasteiger charge is 2.50. The summed E-state index contributed by atoms with van der Waals surface area (Å²) in [5.41, 5.74) is -0.124. The van der Waals surface area contributed by atoms with Crippen LogP contribution in [-0.4, -0.2) is 29.9 Å². The van der Waals surface area contributed by atoms with E-state index >= 15 is 0 Å². The highest BCUT2D eigenvalue weighted by Crippen LogP contribution is 2.45. The van der Waals surface area contributed by atoms with Gasteiger partial charge in [-0.1, -0.05) is 12.1 Å². The maximum atomic E-state index is 12.0. The number of amides is 1. The van der Waals surface area contributed by atoms with Gasteiger partial charge in [-0.15, -0.1) is 13.2 Å². The first kappa shape index (κ1) is 17.1. The Bertz CT molecular complexity index is 579. The Morgan fingerprint density at radius 3 is 2.30 bits per heavy atom. The lowest BCUT2D eigenvalue weighted by Crippen LogP contribution is -2.34. The number of carboxylic acids is 1. The highest BCUT2D eigenvalue weighted by molar-refractivity contribution is 5.81. The van der Waals surface area contributed by atoms with Crippen LogP contribution in [0.5, 0.6) is 5.75 Å². The minimum Gasteiger partial charge on any atom is -0.481 e. The zero-order valence-corrected chi connectivity index (χ0v) is 12.2. The van der Waals surface area contributed by atoms with Gasteiger partial charge in [0.25, 0.3) is 0 Å². The molecule has 23 heavy (non-hydrogen) atoms. The van der Waals surface area contributed by atoms with Crippen LogP contribution in [0.25, 0.3) is 0 Å². The topological polar surface area (TPSA) is 75.6 Å². The molecule has 0 heterocycles. The summed E-state index contributed by atoms with van der Waals surface area (Å²) in [5, 5.41) is 11.6. The maximum Gasteiger partial charge on any atom is 0.573 e. The molecule has 0 aromatic heterocycles. The number of carbonyl (C=O) groups is 2. The Balaban J connectivity index is 1.75. The monoisotopic (exact) mass is 331 g/mol. The molecule has 1 saturated carbocycles. The fourth-order valence-electron chi connectivity index (χ4n) is 2.09. The zero-order valence-electron chi connectivity index (χ0n) is 12.2. The Hall–Kier alpha value is -2.25. The van der Waals surface area contributed by atoms with Crippen LogP contribution >= 0.6 is 0 Å². The Kier molecular flexibility index (Phi) is 4.82. The quantitative estimate of drug-likeness (QED) is 0.805. The summed E-state index contributed by atoms with van der Waals surface area (Å²) in [7, 11) is 0. The molecule has 8 heteroatoms. The summed E-state index contributed by atoms with van der Waals surface area (Å²) in [4.78, 5) is 22.7. The average Bonchev–Trinajstić information content (AvgIpc) is 3.24. The van der Waals surface area contributed by atoms with Gasteiger partial charge in [0, 0.05) is 13.0 Å². The predicted octanol–water partition coefficient (Wildman–Crippen LogP) is 2.50. The van der Waals surface area contributed by atoms with Crippen molar-refractivity contribution >= 4 is 11.9 Å². The summed E-state index contributed by atoms with van der Waals surface area (Å²) >= 11 is 0. The first-order valence-electron chi connectivity index (χ1n) is 7.05. The predicted molar refractivity (Wildman–Crippen MR) is 73.8 cm³/mol. The van der Waals surface area contributed by atoms with Crippen molar-refractivity contribution in [3.8, 4) is 5.75 Å². The van der Waals surface area contributed by atoms with E-state index in [-0.39, 0.29) is 24.6 Å². The lowest BCUT2D eigenvalue weighted by atomic mass is 10.1. The van der Waals surface area contributed by atoms with E-state index in [1.54, 1.807) is 0 Å². The molecule has 5 nitrogen and oxygen atoms in total. The zero-order chi connectivity index (χ0) is 17.1. The number of ether oxygens (including phenoxy) is 1. The number of hydrogen-bond donors (Lipinski definition) is 2. The summed E-state index contributed by atoms with van der Waals surface area (Å²) in [5.74, 6) is -1.51. The fourth-order valence-corrected chi connectivity index (χ4v) is 2.09. The smallest absolute Gasteiger partial charge is 0.481 e. The molecule has 0 radical (unpaired) electrons. The number of aliphatic carboxylic acids is 1. The van der Waals surface area contributed by atoms with Crippen LogP contribution in [-0.2, 0) is 16.0 Å². The van der Waals surface area contributed by atoms with Crippen LogP contribution in [0.4, 0.5) is 13.2 Å². The first-order valence-corrected chi connectivity index (χ1v) is 7.05. The molecule has 0 spiro atoms. The molecular formula is C15H16F3NO4. The number of nitrogens with one attached hydrogen (secondary N) is 1. The number of aryl methyl sites for hydroxylation is 1. The van der Waals surface area contributed by atoms with Gasteiger partial charge >= 0.3 is 12.3 Å². The van der Waals surface area contributed by atoms with Crippen molar-refractivity contribution in [1.82, 2.24) is 5.32 Å². The van der Waals surface area contributed by atoms with Crippen LogP contribution < -0.4 is 10.1 Å². The molecule has 1 amide bonds. The summed E-state index contributed by atoms with van der Waals surface area (Å²) < 4.78 is 39.8. The van der Waals surface area contributed by atoms with E-state index in [4.69, 9.17) is 5.11 Å². The normalized spacial score (nSPS) is 15.8. The van der Waals surface area contributed by atoms with E-state index in [2.05, 4.69) is 10.1 Å². The van der Waals surface area contributed by atoms with E-state index in [1.807, 2.05) is 0 Å². The number of carboxylic acid groups (broad SMARTS) is 1. The molecule has 126 valence electrons. The number of carbonyl (C=O) groups excluding carboxylic acids is 1. The molecule has 0 unspecified atom stereocenters. The average molecular weight is 331 g/mol. The third kappa shape index (κ3) is 5.15. The number of benzene rings is 1. The third-order valence-electron chi connectivity index (χ3n) is 3.73. The third-order valence-corrected chi connectivity index (χ3v) is 3.73. The second-order valence-corrected chi connectivity index (χ2v) is 5.55. The van der Waals surface area contributed by atoms with Crippen molar-refractivity contribution in [3.05, 3.63) is 29.8 Å². The number of hydrogen-bond acceptors (Lipinski definition) is 3. The second-order valence-electron chi connectivity index (χ2n) is 5.55. The SMILES string of the molecule is O=C(CCc1ccc(OC(F)(F)F)cc1)NCC1(C(=O)O)CC1. The molecule has 0 atom stereocenters. The van der Waals surface area contributed by atoms with Crippen molar-refractivity contribution in [1.29, 1.82) is 0 Å². The number of rotatable bonds is 7. The number of halogens is 3. The van der Waals surface area contributed by atoms with E-state index in [9.17, 15) is 22.8 Å². The standard InChI is InChI=1S/C15H16F3NO4/c16-15(17,18)23-11-4-1-10(2-5-11)3-6-12(20)19-9-14(7-8-14)13(21)22/h1-2,4-5H,3,6-9H2,(H,19,20)(H,21,22). The molecule has 1 fully saturated rings. The minimum atomic E-state index is -4.73. The minimum absolute atomic E-state index is 0.111. The summed E-state index contributed by atoms with van der Waals surface area (Å²) in [6, 6.07) is 5.27. The van der Waals surface area contributed by atoms with E-state index < -0.39 is 17.7 Å². The van der Waals surface area contributed by atoms with Gasteiger partial charge in [-0.05, 0) is 37.0 Å². The van der Waals surface area contributed by atoms with Gasteiger partial charge in [0.1, 0.15) is 5.75 Å². The van der Waals surface area contributed by atoms with Crippen LogP contribution in [0.1, 0.15) is 24.8 Å². The Morgan fingerprint density at radius 1 is 1.22 bits per heavy atom. The number of alkyl halides is 3. The molecular weight excluding hydrogens is 315 g/mol. The maximum absolute atomic E-state index is 12.0. The fraction of sp³-hybridized carbons (Fsp3) is 0.467. The molecule has 0 bridgehead atoms. The van der Waals surface area contributed by atoms with Crippen LogP contribution in [0.15, 0.2) is 24.3 Å². The molecule has 1 aliphatic carbocycles. The van der Waals surface area contributed by atoms with Gasteiger partial charge in [0.2, 0.25) is 5.91 Å². The van der Waals surface area contributed by atoms with Gasteiger partial charge in [-0.2, -0.15) is 0 Å². The second kappa shape index (κ2) is 6.47. The van der Waals surface area contributed by atoms with Crippen LogP contribution in [0, 0.1) is 5.41 Å². The van der Waals surface area contributed by atoms with Crippen molar-refractivity contribution in [2.75, 3.05) is 6.54 Å². The van der Waals surface area contributed by atoms with Crippen molar-refractivity contribution in [2.45, 2.75) is 32.0 Å². The van der Waals surface area contributed by atoms with Crippen molar-refractivity contribution in [3.63, 3.8) is 0 Å². The molecule has 2 N–H and O–H groups in total. The molecule has 2 rings (SSSR count). The summed E-state index contributed by atoms with van der Waals surface area (Å²) in [6.07, 6.45) is -3.13. The van der Waals surface area contributed by atoms with Crippen LogP contribution in [0.3, 0.4) is 0 Å². The van der Waals surface area contributed by atoms with Crippen molar-refractivity contribution < 1.29 is 32.6 Å². The van der Waals surface area contributed by atoms with Crippen LogP contribution in [0.2, 0.25) is 0 Å². The lowest BCUT2D eigenvalue weighted by Gasteiger charge is -2.11. The Labute approximate surface area is 130 Å². The molecule has 1 aromatic rings. The van der Waals surface area contributed by atoms with Gasteiger partial charge in [-0.25, -0.2) is 0 Å². The van der Waals surface area contributed by atoms with Gasteiger partial charge in [0.05, 0.1) is 5.41 Å². The van der Waals surface area contributed by atoms with Gasteiger partial charge < -0.3 is 15.2 Å². The molecule has 1 aromatic carbocycles. The molecule has 0 aliphatic heterocycles. The lowest BCUT2D eigenvalue weighted by molar-refractivity contribution is -0.274. The van der Waals surface area contributed by atoms with E-state index in [0.29, 0.717) is 24.8 Å². The first-order chi connectivity index (χ1) is 10.7. The molecule has 0 saturated heterocycles. The van der Waals surface area contributed by atoms with Gasteiger partial charge in [0.15, 0.2) is 0 Å². The van der Waals surface area contributed by atoms with E-state index in [1.165, 1.54) is 24.3 Å². The Morgan fingerprint density at radius 2 is 1.83 bits per heavy atom. The molecule has 1 aliphatic rings. The summed E-state index contributed by atoms with van der Waals surface area (Å²) in [6.45, 7) is 0.111. The van der Waals surface area contributed by atoms with Gasteiger partial charge in [-0.3, -0.25) is 9.59 Å². The van der Waals surface area contributed by atoms with Crippen molar-refractivity contribution in [2.24, 2.45) is 5.41 Å². The highest BCUT2D eigenvalue weighted by atomic mass is 19.4. The van der Waals surface area contributed by atoms with E-state index in [0.717, 1.165) is 0 Å².